The van der Waals surface area contributed by atoms with E-state index >= 15 is 0 Å². The Labute approximate surface area is 148 Å². The van der Waals surface area contributed by atoms with Gasteiger partial charge in [-0.1, -0.05) is 48.5 Å². The summed E-state index contributed by atoms with van der Waals surface area (Å²) < 4.78 is 0. The fraction of sp³-hybridized carbons (Fsp3) is 0.174. The molecule has 25 heavy (non-hydrogen) atoms. The Morgan fingerprint density at radius 1 is 0.680 bits per heavy atom. The number of carboxylic acids is 1. The maximum atomic E-state index is 11.7. The van der Waals surface area contributed by atoms with Gasteiger partial charge < -0.3 is 5.11 Å². The molecule has 0 aliphatic heterocycles. The second kappa shape index (κ2) is 6.56. The van der Waals surface area contributed by atoms with Crippen LogP contribution >= 0.6 is 0 Å². The highest BCUT2D eigenvalue weighted by Gasteiger charge is 2.18. The summed E-state index contributed by atoms with van der Waals surface area (Å²) in [5, 5.41) is 9.58. The van der Waals surface area contributed by atoms with E-state index in [9.17, 15) is 9.90 Å². The Balaban J connectivity index is 2.33. The second-order valence-electron chi connectivity index (χ2n) is 6.55. The third-order valence-corrected chi connectivity index (χ3v) is 4.85. The zero-order chi connectivity index (χ0) is 18.1. The van der Waals surface area contributed by atoms with Crippen molar-refractivity contribution >= 4 is 5.97 Å². The van der Waals surface area contributed by atoms with E-state index in [4.69, 9.17) is 0 Å². The number of carboxylic acid groups (broad SMARTS) is 1. The molecule has 0 atom stereocenters. The minimum atomic E-state index is -0.896. The second-order valence-corrected chi connectivity index (χ2v) is 6.55. The van der Waals surface area contributed by atoms with Crippen molar-refractivity contribution in [2.75, 3.05) is 0 Å². The summed E-state index contributed by atoms with van der Waals surface area (Å²) in [4.78, 5) is 11.7. The van der Waals surface area contributed by atoms with E-state index in [1.54, 1.807) is 12.1 Å². The lowest BCUT2D eigenvalue weighted by Gasteiger charge is -2.19. The highest BCUT2D eigenvalue weighted by Crippen LogP contribution is 2.38. The first-order valence-electron chi connectivity index (χ1n) is 8.41. The van der Waals surface area contributed by atoms with Crippen LogP contribution in [0.25, 0.3) is 22.3 Å². The van der Waals surface area contributed by atoms with Gasteiger partial charge in [0.15, 0.2) is 0 Å². The molecule has 126 valence electrons. The smallest absolute Gasteiger partial charge is 0.336 e. The zero-order valence-corrected chi connectivity index (χ0v) is 15.1. The van der Waals surface area contributed by atoms with Crippen LogP contribution in [0.5, 0.6) is 0 Å². The Hall–Kier alpha value is -2.87. The van der Waals surface area contributed by atoms with E-state index in [1.807, 2.05) is 19.1 Å². The van der Waals surface area contributed by atoms with Gasteiger partial charge in [-0.3, -0.25) is 0 Å². The summed E-state index contributed by atoms with van der Waals surface area (Å²) in [6.07, 6.45) is 0. The van der Waals surface area contributed by atoms with Gasteiger partial charge in [0, 0.05) is 0 Å². The molecule has 0 aromatic heterocycles. The molecule has 0 radical (unpaired) electrons. The highest BCUT2D eigenvalue weighted by molar-refractivity contribution is 5.98. The van der Waals surface area contributed by atoms with Crippen LogP contribution in [0.15, 0.2) is 54.6 Å². The molecule has 0 saturated heterocycles. The lowest BCUT2D eigenvalue weighted by molar-refractivity contribution is 0.0697. The van der Waals surface area contributed by atoms with E-state index in [1.165, 1.54) is 16.7 Å². The van der Waals surface area contributed by atoms with Gasteiger partial charge in [0.25, 0.3) is 0 Å². The molecule has 2 nitrogen and oxygen atoms in total. The Bertz CT molecular complexity index is 948. The van der Waals surface area contributed by atoms with Crippen LogP contribution in [0.4, 0.5) is 0 Å². The van der Waals surface area contributed by atoms with Crippen LogP contribution in [-0.2, 0) is 0 Å². The van der Waals surface area contributed by atoms with Crippen molar-refractivity contribution in [1.29, 1.82) is 0 Å². The van der Waals surface area contributed by atoms with E-state index in [0.717, 1.165) is 27.8 Å². The Kier molecular flexibility index (Phi) is 4.45. The molecular formula is C23H22O2. The van der Waals surface area contributed by atoms with Crippen molar-refractivity contribution in [1.82, 2.24) is 0 Å². The average molecular weight is 330 g/mol. The van der Waals surface area contributed by atoms with Gasteiger partial charge in [-0.15, -0.1) is 0 Å². The summed E-state index contributed by atoms with van der Waals surface area (Å²) in [6.45, 7) is 8.36. The monoisotopic (exact) mass is 330 g/mol. The van der Waals surface area contributed by atoms with Crippen molar-refractivity contribution in [3.8, 4) is 22.3 Å². The molecule has 0 amide bonds. The maximum absolute atomic E-state index is 11.7. The number of hydrogen-bond donors (Lipinski definition) is 1. The summed E-state index contributed by atoms with van der Waals surface area (Å²) in [5.41, 5.74) is 9.18. The number of benzene rings is 3. The van der Waals surface area contributed by atoms with Gasteiger partial charge in [0.05, 0.1) is 5.56 Å². The third-order valence-electron chi connectivity index (χ3n) is 4.85. The fourth-order valence-corrected chi connectivity index (χ4v) is 3.66. The molecule has 0 aliphatic carbocycles. The number of rotatable bonds is 3. The number of carbonyl (C=O) groups is 1. The molecule has 0 spiro atoms. The third kappa shape index (κ3) is 2.96. The first-order valence-corrected chi connectivity index (χ1v) is 8.41. The summed E-state index contributed by atoms with van der Waals surface area (Å²) in [7, 11) is 0. The predicted octanol–water partition coefficient (Wildman–Crippen LogP) is 5.95. The molecule has 3 aromatic carbocycles. The van der Waals surface area contributed by atoms with E-state index in [-0.39, 0.29) is 0 Å². The standard InChI is InChI=1S/C23H22O2/c1-14-8-7-9-15(2)21(14)18-13-12-16(3)22(17(18)4)19-10-5-6-11-20(19)23(24)25/h5-13H,1-4H3,(H,24,25). The lowest BCUT2D eigenvalue weighted by Crippen LogP contribution is -2.02. The van der Waals surface area contributed by atoms with Gasteiger partial charge in [-0.05, 0) is 78.3 Å². The summed E-state index contributed by atoms with van der Waals surface area (Å²) in [5.74, 6) is -0.896. The molecule has 2 heteroatoms. The first kappa shape index (κ1) is 17.0. The minimum Gasteiger partial charge on any atom is -0.478 e. The summed E-state index contributed by atoms with van der Waals surface area (Å²) in [6, 6.07) is 17.8. The largest absolute Gasteiger partial charge is 0.478 e. The van der Waals surface area contributed by atoms with E-state index < -0.39 is 5.97 Å². The van der Waals surface area contributed by atoms with E-state index in [2.05, 4.69) is 51.1 Å². The van der Waals surface area contributed by atoms with Crippen molar-refractivity contribution in [3.63, 3.8) is 0 Å². The number of hydrogen-bond acceptors (Lipinski definition) is 1. The zero-order valence-electron chi connectivity index (χ0n) is 15.1. The van der Waals surface area contributed by atoms with Crippen molar-refractivity contribution in [3.05, 3.63) is 82.4 Å². The molecular weight excluding hydrogens is 308 g/mol. The number of aromatic carboxylic acids is 1. The first-order chi connectivity index (χ1) is 11.9. The van der Waals surface area contributed by atoms with Gasteiger partial charge in [-0.2, -0.15) is 0 Å². The van der Waals surface area contributed by atoms with E-state index in [0.29, 0.717) is 5.56 Å². The normalized spacial score (nSPS) is 10.7. The molecule has 0 fully saturated rings. The van der Waals surface area contributed by atoms with Crippen LogP contribution in [0.2, 0.25) is 0 Å². The maximum Gasteiger partial charge on any atom is 0.336 e. The lowest BCUT2D eigenvalue weighted by atomic mass is 9.85. The Morgan fingerprint density at radius 3 is 1.92 bits per heavy atom. The minimum absolute atomic E-state index is 0.340. The van der Waals surface area contributed by atoms with Crippen molar-refractivity contribution < 1.29 is 9.90 Å². The van der Waals surface area contributed by atoms with Gasteiger partial charge in [0.2, 0.25) is 0 Å². The molecule has 1 N–H and O–H groups in total. The quantitative estimate of drug-likeness (QED) is 0.644. The SMILES string of the molecule is Cc1cccc(C)c1-c1ccc(C)c(-c2ccccc2C(=O)O)c1C. The molecule has 0 heterocycles. The van der Waals surface area contributed by atoms with Crippen molar-refractivity contribution in [2.45, 2.75) is 27.7 Å². The number of aryl methyl sites for hydroxylation is 3. The van der Waals surface area contributed by atoms with Gasteiger partial charge in [-0.25, -0.2) is 4.79 Å². The Morgan fingerprint density at radius 2 is 1.28 bits per heavy atom. The van der Waals surface area contributed by atoms with Gasteiger partial charge >= 0.3 is 5.97 Å². The topological polar surface area (TPSA) is 37.3 Å². The van der Waals surface area contributed by atoms with Crippen LogP contribution in [0.3, 0.4) is 0 Å². The van der Waals surface area contributed by atoms with Crippen LogP contribution in [-0.4, -0.2) is 11.1 Å². The average Bonchev–Trinajstić information content (AvgIpc) is 2.57. The summed E-state index contributed by atoms with van der Waals surface area (Å²) >= 11 is 0. The fourth-order valence-electron chi connectivity index (χ4n) is 3.66. The molecule has 0 unspecified atom stereocenters. The molecule has 3 aromatic rings. The molecule has 0 aliphatic rings. The highest BCUT2D eigenvalue weighted by atomic mass is 16.4. The van der Waals surface area contributed by atoms with Crippen LogP contribution in [0.1, 0.15) is 32.6 Å². The predicted molar refractivity (Wildman–Crippen MR) is 103 cm³/mol. The van der Waals surface area contributed by atoms with Crippen LogP contribution < -0.4 is 0 Å². The molecule has 0 saturated carbocycles. The molecule has 3 rings (SSSR count). The van der Waals surface area contributed by atoms with Gasteiger partial charge in [0.1, 0.15) is 0 Å². The van der Waals surface area contributed by atoms with Crippen LogP contribution in [0, 0.1) is 27.7 Å². The molecule has 0 bridgehead atoms. The van der Waals surface area contributed by atoms with Crippen molar-refractivity contribution in [2.24, 2.45) is 0 Å².